The Kier molecular flexibility index (Phi) is 3.23. The van der Waals surface area contributed by atoms with E-state index in [2.05, 4.69) is 10.3 Å². The Hall–Kier alpha value is -2.43. The van der Waals surface area contributed by atoms with Gasteiger partial charge >= 0.3 is 0 Å². The number of anilines is 1. The zero-order valence-electron chi connectivity index (χ0n) is 9.64. The van der Waals surface area contributed by atoms with Gasteiger partial charge < -0.3 is 10.4 Å². The number of aromatic nitrogens is 1. The number of rotatable bonds is 2. The molecule has 0 saturated heterocycles. The van der Waals surface area contributed by atoms with E-state index in [4.69, 9.17) is 5.11 Å². The minimum atomic E-state index is -0.689. The molecule has 2 rings (SSSR count). The Balaban J connectivity index is 2.38. The van der Waals surface area contributed by atoms with Crippen LogP contribution in [0.15, 0.2) is 36.5 Å². The van der Waals surface area contributed by atoms with Crippen molar-refractivity contribution in [1.29, 1.82) is 0 Å². The first-order valence-electron chi connectivity index (χ1n) is 5.29. The van der Waals surface area contributed by atoms with Crippen molar-refractivity contribution < 1.29 is 14.3 Å². The topological polar surface area (TPSA) is 62.2 Å². The molecule has 0 radical (unpaired) electrons. The number of benzene rings is 1. The molecule has 1 aromatic heterocycles. The van der Waals surface area contributed by atoms with Crippen molar-refractivity contribution in [3.8, 4) is 16.9 Å². The van der Waals surface area contributed by atoms with Gasteiger partial charge in [0, 0.05) is 13.1 Å². The number of carbonyl (C=O) groups is 1. The fourth-order valence-electron chi connectivity index (χ4n) is 1.55. The van der Waals surface area contributed by atoms with Gasteiger partial charge in [-0.05, 0) is 35.4 Å². The average molecular weight is 246 g/mol. The summed E-state index contributed by atoms with van der Waals surface area (Å²) in [5, 5.41) is 11.7. The molecule has 0 bridgehead atoms. The molecule has 2 N–H and O–H groups in total. The SMILES string of the molecule is CC(=O)Nc1cc(-c2ccc(O)c(F)c2)ccn1. The lowest BCUT2D eigenvalue weighted by Crippen LogP contribution is -2.07. The smallest absolute Gasteiger partial charge is 0.222 e. The number of hydrogen-bond acceptors (Lipinski definition) is 3. The van der Waals surface area contributed by atoms with Gasteiger partial charge in [-0.3, -0.25) is 4.79 Å². The molecule has 1 amide bonds. The van der Waals surface area contributed by atoms with Crippen LogP contribution in [0.5, 0.6) is 5.75 Å². The monoisotopic (exact) mass is 246 g/mol. The van der Waals surface area contributed by atoms with Crippen molar-refractivity contribution in [1.82, 2.24) is 4.98 Å². The first-order chi connectivity index (χ1) is 8.56. The van der Waals surface area contributed by atoms with E-state index in [1.807, 2.05) is 0 Å². The van der Waals surface area contributed by atoms with Crippen LogP contribution in [0.1, 0.15) is 6.92 Å². The highest BCUT2D eigenvalue weighted by Gasteiger charge is 2.05. The maximum Gasteiger partial charge on any atom is 0.222 e. The molecule has 0 aliphatic rings. The maximum absolute atomic E-state index is 13.2. The number of nitrogens with one attached hydrogen (secondary N) is 1. The average Bonchev–Trinajstić information content (AvgIpc) is 2.32. The summed E-state index contributed by atoms with van der Waals surface area (Å²) in [7, 11) is 0. The lowest BCUT2D eigenvalue weighted by atomic mass is 10.1. The Morgan fingerprint density at radius 1 is 1.28 bits per heavy atom. The number of phenols is 1. The van der Waals surface area contributed by atoms with Crippen LogP contribution in [0.2, 0.25) is 0 Å². The molecule has 92 valence electrons. The van der Waals surface area contributed by atoms with E-state index >= 15 is 0 Å². The predicted molar refractivity (Wildman–Crippen MR) is 65.6 cm³/mol. The van der Waals surface area contributed by atoms with Gasteiger partial charge in [-0.25, -0.2) is 9.37 Å². The molecule has 5 heteroatoms. The number of carbonyl (C=O) groups excluding carboxylic acids is 1. The number of aromatic hydroxyl groups is 1. The molecule has 18 heavy (non-hydrogen) atoms. The first-order valence-corrected chi connectivity index (χ1v) is 5.29. The van der Waals surface area contributed by atoms with Crippen molar-refractivity contribution in [3.63, 3.8) is 0 Å². The molecule has 0 atom stereocenters. The largest absolute Gasteiger partial charge is 0.505 e. The molecule has 2 aromatic rings. The molecule has 0 unspecified atom stereocenters. The van der Waals surface area contributed by atoms with E-state index in [1.165, 1.54) is 25.3 Å². The molecular formula is C13H11FN2O2. The number of nitrogens with zero attached hydrogens (tertiary/aromatic N) is 1. The van der Waals surface area contributed by atoms with Crippen LogP contribution in [-0.2, 0) is 4.79 Å². The van der Waals surface area contributed by atoms with Crippen molar-refractivity contribution >= 4 is 11.7 Å². The molecule has 0 saturated carbocycles. The van der Waals surface area contributed by atoms with Crippen LogP contribution >= 0.6 is 0 Å². The van der Waals surface area contributed by atoms with Crippen molar-refractivity contribution in [2.75, 3.05) is 5.32 Å². The van der Waals surface area contributed by atoms with Crippen LogP contribution in [0, 0.1) is 5.82 Å². The van der Waals surface area contributed by atoms with E-state index in [-0.39, 0.29) is 5.91 Å². The van der Waals surface area contributed by atoms with Crippen molar-refractivity contribution in [2.24, 2.45) is 0 Å². The molecule has 0 aliphatic heterocycles. The third kappa shape index (κ3) is 2.63. The molecule has 0 aliphatic carbocycles. The third-order valence-electron chi connectivity index (χ3n) is 2.35. The molecule has 1 aromatic carbocycles. The quantitative estimate of drug-likeness (QED) is 0.856. The van der Waals surface area contributed by atoms with Gasteiger partial charge in [-0.1, -0.05) is 6.07 Å². The molecule has 4 nitrogen and oxygen atoms in total. The number of pyridine rings is 1. The summed E-state index contributed by atoms with van der Waals surface area (Å²) in [6.45, 7) is 1.38. The lowest BCUT2D eigenvalue weighted by molar-refractivity contribution is -0.114. The summed E-state index contributed by atoms with van der Waals surface area (Å²) >= 11 is 0. The Labute approximate surface area is 103 Å². The summed E-state index contributed by atoms with van der Waals surface area (Å²) in [5.41, 5.74) is 1.30. The summed E-state index contributed by atoms with van der Waals surface area (Å²) in [6, 6.07) is 7.42. The highest BCUT2D eigenvalue weighted by molar-refractivity contribution is 5.88. The summed E-state index contributed by atoms with van der Waals surface area (Å²) < 4.78 is 13.2. The molecular weight excluding hydrogens is 235 g/mol. The van der Waals surface area contributed by atoms with E-state index in [9.17, 15) is 9.18 Å². The predicted octanol–water partition coefficient (Wildman–Crippen LogP) is 2.55. The Morgan fingerprint density at radius 3 is 2.67 bits per heavy atom. The standard InChI is InChI=1S/C13H11FN2O2/c1-8(17)16-13-7-10(4-5-15-13)9-2-3-12(18)11(14)6-9/h2-7,18H,1H3,(H,15,16,17). The van der Waals surface area contributed by atoms with Gasteiger partial charge in [0.25, 0.3) is 0 Å². The van der Waals surface area contributed by atoms with Gasteiger partial charge in [-0.15, -0.1) is 0 Å². The maximum atomic E-state index is 13.2. The summed E-state index contributed by atoms with van der Waals surface area (Å²) in [5.74, 6) is -0.912. The number of halogens is 1. The van der Waals surface area contributed by atoms with E-state index < -0.39 is 11.6 Å². The van der Waals surface area contributed by atoms with Gasteiger partial charge in [0.15, 0.2) is 11.6 Å². The van der Waals surface area contributed by atoms with Crippen LogP contribution in [0.4, 0.5) is 10.2 Å². The second-order valence-corrected chi connectivity index (χ2v) is 3.78. The van der Waals surface area contributed by atoms with Crippen LogP contribution in [-0.4, -0.2) is 16.0 Å². The molecule has 1 heterocycles. The minimum absolute atomic E-state index is 0.225. The van der Waals surface area contributed by atoms with Gasteiger partial charge in [0.05, 0.1) is 0 Å². The normalized spacial score (nSPS) is 10.1. The zero-order chi connectivity index (χ0) is 13.1. The second kappa shape index (κ2) is 4.83. The van der Waals surface area contributed by atoms with Gasteiger partial charge in [0.2, 0.25) is 5.91 Å². The fraction of sp³-hybridized carbons (Fsp3) is 0.0769. The second-order valence-electron chi connectivity index (χ2n) is 3.78. The number of amides is 1. The lowest BCUT2D eigenvalue weighted by Gasteiger charge is -2.05. The highest BCUT2D eigenvalue weighted by atomic mass is 19.1. The number of hydrogen-bond donors (Lipinski definition) is 2. The zero-order valence-corrected chi connectivity index (χ0v) is 9.64. The summed E-state index contributed by atoms with van der Waals surface area (Å²) in [6.07, 6.45) is 1.52. The summed E-state index contributed by atoms with van der Waals surface area (Å²) in [4.78, 5) is 14.9. The minimum Gasteiger partial charge on any atom is -0.505 e. The molecule has 0 fully saturated rings. The molecule has 0 spiro atoms. The van der Waals surface area contributed by atoms with Gasteiger partial charge in [0.1, 0.15) is 5.82 Å². The first kappa shape index (κ1) is 12.0. The number of phenolic OH excluding ortho intramolecular Hbond substituents is 1. The van der Waals surface area contributed by atoms with E-state index in [0.29, 0.717) is 16.9 Å². The highest BCUT2D eigenvalue weighted by Crippen LogP contribution is 2.25. The van der Waals surface area contributed by atoms with E-state index in [1.54, 1.807) is 18.2 Å². The Morgan fingerprint density at radius 2 is 2.00 bits per heavy atom. The van der Waals surface area contributed by atoms with Crippen molar-refractivity contribution in [2.45, 2.75) is 6.92 Å². The van der Waals surface area contributed by atoms with Crippen LogP contribution in [0.3, 0.4) is 0 Å². The fourth-order valence-corrected chi connectivity index (χ4v) is 1.55. The third-order valence-corrected chi connectivity index (χ3v) is 2.35. The van der Waals surface area contributed by atoms with Crippen molar-refractivity contribution in [3.05, 3.63) is 42.3 Å². The van der Waals surface area contributed by atoms with Crippen LogP contribution < -0.4 is 5.32 Å². The van der Waals surface area contributed by atoms with E-state index in [0.717, 1.165) is 0 Å². The Bertz CT molecular complexity index is 599. The van der Waals surface area contributed by atoms with Crippen LogP contribution in [0.25, 0.3) is 11.1 Å². The van der Waals surface area contributed by atoms with Gasteiger partial charge in [-0.2, -0.15) is 0 Å².